The average Bonchev–Trinajstić information content (AvgIpc) is 3.06. The molecule has 0 bridgehead atoms. The van der Waals surface area contributed by atoms with E-state index in [1.165, 1.54) is 23.0 Å². The van der Waals surface area contributed by atoms with Gasteiger partial charge >= 0.3 is 0 Å². The Hall–Kier alpha value is -3.06. The zero-order valence-corrected chi connectivity index (χ0v) is 13.4. The summed E-state index contributed by atoms with van der Waals surface area (Å²) in [6.07, 6.45) is 1.41. The van der Waals surface area contributed by atoms with Gasteiger partial charge in [-0.25, -0.2) is 9.37 Å². The molecule has 4 rings (SSSR count). The molecule has 2 heterocycles. The molecule has 0 amide bonds. The van der Waals surface area contributed by atoms with Crippen LogP contribution >= 0.6 is 11.6 Å². The van der Waals surface area contributed by atoms with Crippen LogP contribution in [0.2, 0.25) is 5.02 Å². The molecule has 124 valence electrons. The van der Waals surface area contributed by atoms with Crippen molar-refractivity contribution in [3.8, 4) is 11.4 Å². The molecule has 6 nitrogen and oxygen atoms in total. The Morgan fingerprint density at radius 1 is 1.16 bits per heavy atom. The molecule has 0 fully saturated rings. The van der Waals surface area contributed by atoms with Gasteiger partial charge in [-0.1, -0.05) is 16.8 Å². The third-order valence-corrected chi connectivity index (χ3v) is 3.90. The minimum atomic E-state index is -0.346. The molecule has 25 heavy (non-hydrogen) atoms. The van der Waals surface area contributed by atoms with E-state index in [-0.39, 0.29) is 23.8 Å². The van der Waals surface area contributed by atoms with Crippen molar-refractivity contribution in [3.05, 3.63) is 75.9 Å². The fraction of sp³-hybridized carbons (Fsp3) is 0.0588. The summed E-state index contributed by atoms with van der Waals surface area (Å²) in [5.41, 5.74) is 0.907. The van der Waals surface area contributed by atoms with Gasteiger partial charge in [0.15, 0.2) is 0 Å². The van der Waals surface area contributed by atoms with E-state index < -0.39 is 0 Å². The average molecular weight is 357 g/mol. The molecule has 0 aliphatic carbocycles. The number of hydrogen-bond donors (Lipinski definition) is 0. The Morgan fingerprint density at radius 2 is 1.96 bits per heavy atom. The number of hydrogen-bond acceptors (Lipinski definition) is 5. The lowest BCUT2D eigenvalue weighted by atomic mass is 10.2. The first-order chi connectivity index (χ1) is 12.1. The molecule has 0 aliphatic rings. The summed E-state index contributed by atoms with van der Waals surface area (Å²) in [5, 5.41) is 4.82. The fourth-order valence-electron chi connectivity index (χ4n) is 2.43. The maximum atomic E-state index is 13.0. The van der Waals surface area contributed by atoms with Crippen molar-refractivity contribution in [1.29, 1.82) is 0 Å². The zero-order valence-electron chi connectivity index (χ0n) is 12.7. The van der Waals surface area contributed by atoms with E-state index in [9.17, 15) is 9.18 Å². The molecule has 0 saturated heterocycles. The van der Waals surface area contributed by atoms with Gasteiger partial charge in [0.05, 0.1) is 17.2 Å². The maximum absolute atomic E-state index is 13.0. The summed E-state index contributed by atoms with van der Waals surface area (Å²) in [7, 11) is 0. The smallest absolute Gasteiger partial charge is 0.261 e. The van der Waals surface area contributed by atoms with Crippen LogP contribution in [0.15, 0.2) is 58.1 Å². The zero-order chi connectivity index (χ0) is 17.4. The van der Waals surface area contributed by atoms with Gasteiger partial charge in [0, 0.05) is 10.6 Å². The van der Waals surface area contributed by atoms with Gasteiger partial charge in [0.25, 0.3) is 5.56 Å². The Balaban J connectivity index is 1.66. The largest absolute Gasteiger partial charge is 0.337 e. The van der Waals surface area contributed by atoms with Gasteiger partial charge in [0.1, 0.15) is 12.4 Å². The lowest BCUT2D eigenvalue weighted by molar-refractivity contribution is 0.369. The molecular weight excluding hydrogens is 347 g/mol. The summed E-state index contributed by atoms with van der Waals surface area (Å²) in [6, 6.07) is 10.6. The van der Waals surface area contributed by atoms with E-state index in [0.717, 1.165) is 0 Å². The summed E-state index contributed by atoms with van der Waals surface area (Å²) in [6.45, 7) is 0.0819. The van der Waals surface area contributed by atoms with Crippen molar-refractivity contribution in [2.24, 2.45) is 0 Å². The van der Waals surface area contributed by atoms with E-state index >= 15 is 0 Å². The standard InChI is InChI=1S/C17H10ClFN4O2/c18-11-3-6-13-14(7-11)20-9-23(17(13)24)8-15-21-16(22-25-15)10-1-4-12(19)5-2-10/h1-7,9H,8H2. The Bertz CT molecular complexity index is 1120. The second kappa shape index (κ2) is 6.10. The van der Waals surface area contributed by atoms with Gasteiger partial charge in [-0.05, 0) is 42.5 Å². The van der Waals surface area contributed by atoms with Crippen molar-refractivity contribution in [2.75, 3.05) is 0 Å². The van der Waals surface area contributed by atoms with Crippen LogP contribution in [0.1, 0.15) is 5.89 Å². The summed E-state index contributed by atoms with van der Waals surface area (Å²) in [4.78, 5) is 21.0. The predicted octanol–water partition coefficient (Wildman–Crippen LogP) is 3.29. The highest BCUT2D eigenvalue weighted by atomic mass is 35.5. The summed E-state index contributed by atoms with van der Waals surface area (Å²) >= 11 is 5.91. The molecule has 2 aromatic carbocycles. The minimum absolute atomic E-state index is 0.0819. The van der Waals surface area contributed by atoms with Crippen LogP contribution in [0.3, 0.4) is 0 Å². The van der Waals surface area contributed by atoms with Crippen molar-refractivity contribution in [2.45, 2.75) is 6.54 Å². The number of nitrogens with zero attached hydrogens (tertiary/aromatic N) is 4. The molecule has 0 atom stereocenters. The molecule has 4 aromatic rings. The second-order valence-corrected chi connectivity index (χ2v) is 5.79. The van der Waals surface area contributed by atoms with Gasteiger partial charge in [-0.3, -0.25) is 9.36 Å². The lowest BCUT2D eigenvalue weighted by Gasteiger charge is -2.03. The van der Waals surface area contributed by atoms with Crippen molar-refractivity contribution >= 4 is 22.5 Å². The van der Waals surface area contributed by atoms with Crippen molar-refractivity contribution in [3.63, 3.8) is 0 Å². The number of fused-ring (bicyclic) bond motifs is 1. The second-order valence-electron chi connectivity index (χ2n) is 5.36. The minimum Gasteiger partial charge on any atom is -0.337 e. The number of rotatable bonds is 3. The van der Waals surface area contributed by atoms with Crippen LogP contribution in [-0.4, -0.2) is 19.7 Å². The molecular formula is C17H10ClFN4O2. The monoisotopic (exact) mass is 356 g/mol. The van der Waals surface area contributed by atoms with Gasteiger partial charge < -0.3 is 4.52 Å². The van der Waals surface area contributed by atoms with E-state index in [0.29, 0.717) is 27.3 Å². The first-order valence-electron chi connectivity index (χ1n) is 7.33. The predicted molar refractivity (Wildman–Crippen MR) is 89.8 cm³/mol. The molecule has 8 heteroatoms. The van der Waals surface area contributed by atoms with E-state index in [4.69, 9.17) is 16.1 Å². The lowest BCUT2D eigenvalue weighted by Crippen LogP contribution is -2.21. The quantitative estimate of drug-likeness (QED) is 0.563. The van der Waals surface area contributed by atoms with Crippen LogP contribution in [-0.2, 0) is 6.54 Å². The van der Waals surface area contributed by atoms with E-state index in [2.05, 4.69) is 15.1 Å². The maximum Gasteiger partial charge on any atom is 0.261 e. The molecule has 0 unspecified atom stereocenters. The van der Waals surface area contributed by atoms with Gasteiger partial charge in [-0.2, -0.15) is 4.98 Å². The molecule has 2 aromatic heterocycles. The first-order valence-corrected chi connectivity index (χ1v) is 7.71. The topological polar surface area (TPSA) is 73.8 Å². The molecule has 0 saturated carbocycles. The van der Waals surface area contributed by atoms with Crippen LogP contribution < -0.4 is 5.56 Å². The summed E-state index contributed by atoms with van der Waals surface area (Å²) < 4.78 is 19.5. The normalized spacial score (nSPS) is 11.1. The van der Waals surface area contributed by atoms with Crippen LogP contribution in [0.5, 0.6) is 0 Å². The van der Waals surface area contributed by atoms with E-state index in [1.54, 1.807) is 30.3 Å². The Labute approximate surface area is 145 Å². The number of halogens is 2. The van der Waals surface area contributed by atoms with Crippen molar-refractivity contribution < 1.29 is 8.91 Å². The third-order valence-electron chi connectivity index (χ3n) is 3.66. The first kappa shape index (κ1) is 15.5. The van der Waals surface area contributed by atoms with E-state index in [1.807, 2.05) is 0 Å². The van der Waals surface area contributed by atoms with Gasteiger partial charge in [0.2, 0.25) is 11.7 Å². The van der Waals surface area contributed by atoms with Crippen LogP contribution in [0.25, 0.3) is 22.3 Å². The molecule has 0 spiro atoms. The highest BCUT2D eigenvalue weighted by Gasteiger charge is 2.11. The fourth-order valence-corrected chi connectivity index (χ4v) is 2.59. The number of aromatic nitrogens is 4. The highest BCUT2D eigenvalue weighted by molar-refractivity contribution is 6.31. The molecule has 0 aliphatic heterocycles. The van der Waals surface area contributed by atoms with Crippen LogP contribution in [0.4, 0.5) is 4.39 Å². The molecule has 0 radical (unpaired) electrons. The highest BCUT2D eigenvalue weighted by Crippen LogP contribution is 2.17. The third kappa shape index (κ3) is 3.01. The van der Waals surface area contributed by atoms with Crippen molar-refractivity contribution in [1.82, 2.24) is 19.7 Å². The Kier molecular flexibility index (Phi) is 3.77. The van der Waals surface area contributed by atoms with Gasteiger partial charge in [-0.15, -0.1) is 0 Å². The Morgan fingerprint density at radius 3 is 2.76 bits per heavy atom. The SMILES string of the molecule is O=c1c2ccc(Cl)cc2ncn1Cc1nc(-c2ccc(F)cc2)no1. The summed E-state index contributed by atoms with van der Waals surface area (Å²) in [5.74, 6) is 0.224. The number of benzene rings is 2. The van der Waals surface area contributed by atoms with Crippen LogP contribution in [0, 0.1) is 5.82 Å². The molecule has 0 N–H and O–H groups in total.